The maximum Gasteiger partial charge on any atom is 0.276 e. The van der Waals surface area contributed by atoms with Crippen molar-refractivity contribution in [3.63, 3.8) is 0 Å². The van der Waals surface area contributed by atoms with E-state index in [9.17, 15) is 9.90 Å². The molecule has 2 aromatic carbocycles. The van der Waals surface area contributed by atoms with Crippen LogP contribution in [0.25, 0.3) is 5.69 Å². The molecule has 0 radical (unpaired) electrons. The van der Waals surface area contributed by atoms with Gasteiger partial charge in [0.15, 0.2) is 5.69 Å². The minimum absolute atomic E-state index is 0.211. The van der Waals surface area contributed by atoms with Gasteiger partial charge in [-0.2, -0.15) is 9.90 Å². The first-order chi connectivity index (χ1) is 13.7. The summed E-state index contributed by atoms with van der Waals surface area (Å²) >= 11 is 0. The van der Waals surface area contributed by atoms with Crippen molar-refractivity contribution in [1.29, 1.82) is 0 Å². The van der Waals surface area contributed by atoms with Crippen LogP contribution in [0, 0.1) is 0 Å². The second kappa shape index (κ2) is 7.82. The molecule has 1 amide bonds. The van der Waals surface area contributed by atoms with Gasteiger partial charge in [-0.05, 0) is 42.7 Å². The zero-order valence-corrected chi connectivity index (χ0v) is 15.6. The highest BCUT2D eigenvalue weighted by Gasteiger charge is 2.36. The Morgan fingerprint density at radius 1 is 1.18 bits per heavy atom. The molecule has 1 saturated heterocycles. The summed E-state index contributed by atoms with van der Waals surface area (Å²) in [7, 11) is 1.60. The van der Waals surface area contributed by atoms with Gasteiger partial charge in [0.25, 0.3) is 5.91 Å². The third kappa shape index (κ3) is 3.48. The number of aliphatic hydroxyl groups excluding tert-OH is 1. The standard InChI is InChI=1S/C21H22N4O3/c1-28-17-11-9-15(10-12-17)20(26)19-8-5-13-24(19)21(27)18-14-22-25(23-18)16-6-3-2-4-7-16/h2-4,6-7,9-12,14,19-20,26H,5,8,13H2,1H3/t19-,20+/m0/s1. The zero-order valence-electron chi connectivity index (χ0n) is 15.6. The second-order valence-corrected chi connectivity index (χ2v) is 6.78. The number of carbonyl (C=O) groups is 1. The van der Waals surface area contributed by atoms with Crippen molar-refractivity contribution in [2.75, 3.05) is 13.7 Å². The summed E-state index contributed by atoms with van der Waals surface area (Å²) in [5.41, 5.74) is 1.83. The van der Waals surface area contributed by atoms with E-state index in [1.165, 1.54) is 11.0 Å². The lowest BCUT2D eigenvalue weighted by Gasteiger charge is -2.28. The number of rotatable bonds is 5. The molecule has 7 nitrogen and oxygen atoms in total. The number of nitrogens with zero attached hydrogens (tertiary/aromatic N) is 4. The van der Waals surface area contributed by atoms with Crippen LogP contribution in [0.2, 0.25) is 0 Å². The van der Waals surface area contributed by atoms with Gasteiger partial charge in [0, 0.05) is 6.54 Å². The van der Waals surface area contributed by atoms with Gasteiger partial charge >= 0.3 is 0 Å². The van der Waals surface area contributed by atoms with Crippen LogP contribution in [0.5, 0.6) is 5.75 Å². The van der Waals surface area contributed by atoms with Crippen LogP contribution < -0.4 is 4.74 Å². The number of carbonyl (C=O) groups excluding carboxylic acids is 1. The molecule has 1 fully saturated rings. The zero-order chi connectivity index (χ0) is 19.5. The Hall–Kier alpha value is -3.19. The van der Waals surface area contributed by atoms with Gasteiger partial charge < -0.3 is 14.7 Å². The van der Waals surface area contributed by atoms with Crippen molar-refractivity contribution in [1.82, 2.24) is 19.9 Å². The summed E-state index contributed by atoms with van der Waals surface area (Å²) in [5.74, 6) is 0.519. The lowest BCUT2D eigenvalue weighted by Crippen LogP contribution is -2.39. The number of benzene rings is 2. The molecular weight excluding hydrogens is 356 g/mol. The summed E-state index contributed by atoms with van der Waals surface area (Å²) in [6.07, 6.45) is 2.30. The molecule has 1 aliphatic heterocycles. The first kappa shape index (κ1) is 18.2. The van der Waals surface area contributed by atoms with E-state index >= 15 is 0 Å². The number of para-hydroxylation sites is 1. The van der Waals surface area contributed by atoms with Crippen LogP contribution in [-0.2, 0) is 0 Å². The van der Waals surface area contributed by atoms with Crippen LogP contribution in [0.3, 0.4) is 0 Å². The highest BCUT2D eigenvalue weighted by atomic mass is 16.5. The molecule has 0 aliphatic carbocycles. The van der Waals surface area contributed by atoms with Crippen molar-refractivity contribution in [3.8, 4) is 11.4 Å². The van der Waals surface area contributed by atoms with E-state index in [1.807, 2.05) is 54.6 Å². The summed E-state index contributed by atoms with van der Waals surface area (Å²) in [4.78, 5) is 16.2. The summed E-state index contributed by atoms with van der Waals surface area (Å²) in [6, 6.07) is 16.4. The van der Waals surface area contributed by atoms with Crippen LogP contribution in [-0.4, -0.2) is 50.6 Å². The van der Waals surface area contributed by atoms with E-state index < -0.39 is 6.10 Å². The van der Waals surface area contributed by atoms with Crippen molar-refractivity contribution >= 4 is 5.91 Å². The maximum atomic E-state index is 13.0. The van der Waals surface area contributed by atoms with Gasteiger partial charge in [-0.15, -0.1) is 5.10 Å². The molecule has 4 rings (SSSR count). The predicted octanol–water partition coefficient (Wildman–Crippen LogP) is 2.61. The molecule has 0 saturated carbocycles. The third-order valence-electron chi connectivity index (χ3n) is 5.08. The van der Waals surface area contributed by atoms with E-state index in [1.54, 1.807) is 12.0 Å². The minimum Gasteiger partial charge on any atom is -0.497 e. The molecule has 144 valence electrons. The van der Waals surface area contributed by atoms with Gasteiger partial charge in [0.1, 0.15) is 5.75 Å². The fraction of sp³-hybridized carbons (Fsp3) is 0.286. The molecule has 28 heavy (non-hydrogen) atoms. The van der Waals surface area contributed by atoms with Gasteiger partial charge in [-0.1, -0.05) is 30.3 Å². The molecule has 1 N–H and O–H groups in total. The van der Waals surface area contributed by atoms with Gasteiger partial charge in [-0.3, -0.25) is 4.79 Å². The lowest BCUT2D eigenvalue weighted by molar-refractivity contribution is 0.0481. The topological polar surface area (TPSA) is 80.5 Å². The molecule has 7 heteroatoms. The Balaban J connectivity index is 1.52. The fourth-order valence-electron chi connectivity index (χ4n) is 3.59. The van der Waals surface area contributed by atoms with Gasteiger partial charge in [0.05, 0.1) is 31.1 Å². The number of ether oxygens (including phenoxy) is 1. The second-order valence-electron chi connectivity index (χ2n) is 6.78. The highest BCUT2D eigenvalue weighted by molar-refractivity contribution is 5.92. The molecule has 2 atom stereocenters. The molecular formula is C21H22N4O3. The highest BCUT2D eigenvalue weighted by Crippen LogP contribution is 2.31. The van der Waals surface area contributed by atoms with E-state index in [2.05, 4.69) is 10.2 Å². The first-order valence-corrected chi connectivity index (χ1v) is 9.28. The van der Waals surface area contributed by atoms with Crippen molar-refractivity contribution in [2.24, 2.45) is 0 Å². The SMILES string of the molecule is COc1ccc([C@@H](O)[C@@H]2CCCN2C(=O)c2cnn(-c3ccccc3)n2)cc1. The number of methoxy groups -OCH3 is 1. The minimum atomic E-state index is -0.762. The quantitative estimate of drug-likeness (QED) is 0.738. The Labute approximate surface area is 163 Å². The van der Waals surface area contributed by atoms with E-state index in [-0.39, 0.29) is 17.6 Å². The number of aliphatic hydroxyl groups is 1. The molecule has 1 aliphatic rings. The molecule has 0 bridgehead atoms. The van der Waals surface area contributed by atoms with Crippen LogP contribution in [0.15, 0.2) is 60.8 Å². The van der Waals surface area contributed by atoms with E-state index in [0.717, 1.165) is 29.8 Å². The predicted molar refractivity (Wildman–Crippen MR) is 103 cm³/mol. The van der Waals surface area contributed by atoms with Crippen LogP contribution in [0.1, 0.15) is 35.0 Å². The van der Waals surface area contributed by atoms with Gasteiger partial charge in [0.2, 0.25) is 0 Å². The number of likely N-dealkylation sites (tertiary alicyclic amines) is 1. The average Bonchev–Trinajstić information content (AvgIpc) is 3.43. The van der Waals surface area contributed by atoms with Crippen molar-refractivity contribution < 1.29 is 14.6 Å². The Kier molecular flexibility index (Phi) is 5.08. The maximum absolute atomic E-state index is 13.0. The van der Waals surface area contributed by atoms with E-state index in [0.29, 0.717) is 6.54 Å². The molecule has 3 aromatic rings. The van der Waals surface area contributed by atoms with Crippen molar-refractivity contribution in [2.45, 2.75) is 25.0 Å². The number of aromatic nitrogens is 3. The third-order valence-corrected chi connectivity index (χ3v) is 5.08. The molecule has 2 heterocycles. The molecule has 1 aromatic heterocycles. The smallest absolute Gasteiger partial charge is 0.276 e. The summed E-state index contributed by atoms with van der Waals surface area (Å²) < 4.78 is 5.17. The van der Waals surface area contributed by atoms with Crippen LogP contribution >= 0.6 is 0 Å². The first-order valence-electron chi connectivity index (χ1n) is 9.28. The molecule has 0 unspecified atom stereocenters. The largest absolute Gasteiger partial charge is 0.497 e. The normalized spacial score (nSPS) is 17.5. The number of hydrogen-bond acceptors (Lipinski definition) is 5. The monoisotopic (exact) mass is 378 g/mol. The lowest BCUT2D eigenvalue weighted by atomic mass is 10.00. The van der Waals surface area contributed by atoms with Gasteiger partial charge in [-0.25, -0.2) is 0 Å². The van der Waals surface area contributed by atoms with Crippen LogP contribution in [0.4, 0.5) is 0 Å². The average molecular weight is 378 g/mol. The summed E-state index contributed by atoms with van der Waals surface area (Å²) in [5, 5.41) is 19.4. The van der Waals surface area contributed by atoms with E-state index in [4.69, 9.17) is 4.74 Å². The number of hydrogen-bond donors (Lipinski definition) is 1. The summed E-state index contributed by atoms with van der Waals surface area (Å²) in [6.45, 7) is 0.592. The molecule has 0 spiro atoms. The Morgan fingerprint density at radius 2 is 1.93 bits per heavy atom. The number of amides is 1. The Morgan fingerprint density at radius 3 is 2.64 bits per heavy atom. The van der Waals surface area contributed by atoms with Crippen molar-refractivity contribution in [3.05, 3.63) is 72.1 Å². The Bertz CT molecular complexity index is 940. The fourth-order valence-corrected chi connectivity index (χ4v) is 3.59.